The van der Waals surface area contributed by atoms with Crippen LogP contribution in [0.15, 0.2) is 30.3 Å². The Morgan fingerprint density at radius 1 is 1.35 bits per heavy atom. The Labute approximate surface area is 134 Å². The third-order valence-corrected chi connectivity index (χ3v) is 5.10. The van der Waals surface area contributed by atoms with Crippen molar-refractivity contribution in [3.05, 3.63) is 41.6 Å². The number of para-hydroxylation sites is 1. The number of pyridine rings is 1. The summed E-state index contributed by atoms with van der Waals surface area (Å²) in [6, 6.07) is 10.1. The maximum atomic E-state index is 11.3. The first kappa shape index (κ1) is 14.0. The molecule has 0 fully saturated rings. The van der Waals surface area contributed by atoms with Crippen LogP contribution in [0.4, 0.5) is 0 Å². The van der Waals surface area contributed by atoms with Crippen LogP contribution in [0, 0.1) is 0 Å². The minimum absolute atomic E-state index is 0.0891. The standard InChI is InChI=1S/C15H13Br2NO2/c1-8(19)20-15-10-6-9-4-2-3-5-13(9)18-14(10)11(16)7-12(15)17/h2-6,11-12,15H,7H2,1H3/t11?,12-,15-/m1/s1. The van der Waals surface area contributed by atoms with Crippen LogP contribution in [0.5, 0.6) is 0 Å². The van der Waals surface area contributed by atoms with E-state index in [-0.39, 0.29) is 21.7 Å². The van der Waals surface area contributed by atoms with Crippen LogP contribution in [-0.2, 0) is 9.53 Å². The lowest BCUT2D eigenvalue weighted by atomic mass is 9.91. The van der Waals surface area contributed by atoms with E-state index in [4.69, 9.17) is 9.72 Å². The molecule has 0 saturated heterocycles. The summed E-state index contributed by atoms with van der Waals surface area (Å²) in [5.74, 6) is -0.272. The van der Waals surface area contributed by atoms with Crippen LogP contribution in [0.3, 0.4) is 0 Å². The lowest BCUT2D eigenvalue weighted by Crippen LogP contribution is -2.26. The first-order valence-electron chi connectivity index (χ1n) is 6.41. The van der Waals surface area contributed by atoms with Crippen LogP contribution >= 0.6 is 31.9 Å². The Morgan fingerprint density at radius 2 is 2.10 bits per heavy atom. The monoisotopic (exact) mass is 397 g/mol. The molecule has 0 aliphatic heterocycles. The van der Waals surface area contributed by atoms with E-state index in [2.05, 4.69) is 37.9 Å². The molecule has 104 valence electrons. The largest absolute Gasteiger partial charge is 0.456 e. The molecule has 0 amide bonds. The highest BCUT2D eigenvalue weighted by molar-refractivity contribution is 9.10. The van der Waals surface area contributed by atoms with Crippen LogP contribution < -0.4 is 0 Å². The van der Waals surface area contributed by atoms with Crippen molar-refractivity contribution < 1.29 is 9.53 Å². The average molecular weight is 399 g/mol. The van der Waals surface area contributed by atoms with Gasteiger partial charge in [0.1, 0.15) is 6.10 Å². The quantitative estimate of drug-likeness (QED) is 0.526. The van der Waals surface area contributed by atoms with Gasteiger partial charge in [0, 0.05) is 17.9 Å². The van der Waals surface area contributed by atoms with Gasteiger partial charge in [-0.1, -0.05) is 50.1 Å². The van der Waals surface area contributed by atoms with Gasteiger partial charge in [0.25, 0.3) is 0 Å². The molecule has 0 radical (unpaired) electrons. The SMILES string of the molecule is CC(=O)O[C@@H]1c2cc3ccccc3nc2C(Br)C[C@H]1Br. The Hall–Kier alpha value is -0.940. The summed E-state index contributed by atoms with van der Waals surface area (Å²) in [5, 5.41) is 1.06. The fourth-order valence-electron chi connectivity index (χ4n) is 2.57. The minimum Gasteiger partial charge on any atom is -0.456 e. The fraction of sp³-hybridized carbons (Fsp3) is 0.333. The van der Waals surface area contributed by atoms with E-state index in [9.17, 15) is 4.79 Å². The molecule has 20 heavy (non-hydrogen) atoms. The molecule has 3 rings (SSSR count). The maximum absolute atomic E-state index is 11.3. The maximum Gasteiger partial charge on any atom is 0.303 e. The number of carbonyl (C=O) groups is 1. The van der Waals surface area contributed by atoms with Gasteiger partial charge >= 0.3 is 5.97 Å². The van der Waals surface area contributed by atoms with Crippen LogP contribution in [-0.4, -0.2) is 15.8 Å². The van der Waals surface area contributed by atoms with Crippen molar-refractivity contribution in [1.82, 2.24) is 4.98 Å². The predicted molar refractivity (Wildman–Crippen MR) is 85.3 cm³/mol. The number of nitrogens with zero attached hydrogens (tertiary/aromatic N) is 1. The Kier molecular flexibility index (Phi) is 3.82. The van der Waals surface area contributed by atoms with E-state index in [0.29, 0.717) is 0 Å². The number of esters is 1. The highest BCUT2D eigenvalue weighted by atomic mass is 79.9. The Bertz CT molecular complexity index is 674. The van der Waals surface area contributed by atoms with Gasteiger partial charge < -0.3 is 4.74 Å². The number of fused-ring (bicyclic) bond motifs is 2. The Balaban J connectivity index is 2.17. The lowest BCUT2D eigenvalue weighted by molar-refractivity contribution is -0.147. The van der Waals surface area contributed by atoms with Gasteiger partial charge in [-0.25, -0.2) is 0 Å². The molecular formula is C15H13Br2NO2. The summed E-state index contributed by atoms with van der Waals surface area (Å²) < 4.78 is 5.48. The predicted octanol–water partition coefficient (Wildman–Crippen LogP) is 4.44. The summed E-state index contributed by atoms with van der Waals surface area (Å²) in [4.78, 5) is 16.3. The normalized spacial score (nSPS) is 25.2. The topological polar surface area (TPSA) is 39.2 Å². The zero-order valence-corrected chi connectivity index (χ0v) is 14.0. The van der Waals surface area contributed by atoms with Crippen molar-refractivity contribution >= 4 is 48.7 Å². The van der Waals surface area contributed by atoms with Gasteiger partial charge in [-0.15, -0.1) is 0 Å². The second-order valence-corrected chi connectivity index (χ2v) is 7.19. The molecular weight excluding hydrogens is 386 g/mol. The van der Waals surface area contributed by atoms with Gasteiger partial charge in [-0.3, -0.25) is 9.78 Å². The van der Waals surface area contributed by atoms with Gasteiger partial charge in [-0.05, 0) is 18.6 Å². The molecule has 1 aliphatic rings. The Morgan fingerprint density at radius 3 is 2.85 bits per heavy atom. The molecule has 5 heteroatoms. The zero-order valence-electron chi connectivity index (χ0n) is 10.8. The van der Waals surface area contributed by atoms with Crippen molar-refractivity contribution in [3.8, 4) is 0 Å². The summed E-state index contributed by atoms with van der Waals surface area (Å²) in [5.41, 5.74) is 2.91. The van der Waals surface area contributed by atoms with Gasteiger partial charge in [-0.2, -0.15) is 0 Å². The summed E-state index contributed by atoms with van der Waals surface area (Å²) >= 11 is 7.30. The number of carbonyl (C=O) groups excluding carboxylic acids is 1. The van der Waals surface area contributed by atoms with Crippen LogP contribution in [0.2, 0.25) is 0 Å². The van der Waals surface area contributed by atoms with Crippen molar-refractivity contribution in [2.45, 2.75) is 29.1 Å². The molecule has 0 N–H and O–H groups in total. The van der Waals surface area contributed by atoms with E-state index < -0.39 is 0 Å². The number of hydrogen-bond acceptors (Lipinski definition) is 3. The highest BCUT2D eigenvalue weighted by Crippen LogP contribution is 2.45. The molecule has 1 aromatic heterocycles. The number of hydrogen-bond donors (Lipinski definition) is 0. The number of halogens is 2. The average Bonchev–Trinajstić information content (AvgIpc) is 2.41. The number of rotatable bonds is 1. The van der Waals surface area contributed by atoms with Crippen LogP contribution in [0.25, 0.3) is 10.9 Å². The minimum atomic E-state index is -0.284. The van der Waals surface area contributed by atoms with E-state index >= 15 is 0 Å². The molecule has 1 unspecified atom stereocenters. The van der Waals surface area contributed by atoms with Gasteiger partial charge in [0.15, 0.2) is 0 Å². The van der Waals surface area contributed by atoms with Gasteiger partial charge in [0.05, 0.1) is 20.9 Å². The number of ether oxygens (including phenoxy) is 1. The van der Waals surface area contributed by atoms with Crippen molar-refractivity contribution in [1.29, 1.82) is 0 Å². The van der Waals surface area contributed by atoms with Crippen LogP contribution in [0.1, 0.15) is 35.5 Å². The van der Waals surface area contributed by atoms with Gasteiger partial charge in [0.2, 0.25) is 0 Å². The summed E-state index contributed by atoms with van der Waals surface area (Å²) in [6.45, 7) is 1.44. The first-order valence-corrected chi connectivity index (χ1v) is 8.24. The van der Waals surface area contributed by atoms with Crippen molar-refractivity contribution in [3.63, 3.8) is 0 Å². The third kappa shape index (κ3) is 2.49. The molecule has 3 nitrogen and oxygen atoms in total. The number of aromatic nitrogens is 1. The molecule has 3 atom stereocenters. The van der Waals surface area contributed by atoms with E-state index in [0.717, 1.165) is 28.6 Å². The number of alkyl halides is 2. The second-order valence-electron chi connectivity index (χ2n) is 4.90. The van der Waals surface area contributed by atoms with E-state index in [1.807, 2.05) is 24.3 Å². The molecule has 0 bridgehead atoms. The highest BCUT2D eigenvalue weighted by Gasteiger charge is 2.36. The molecule has 1 aliphatic carbocycles. The summed E-state index contributed by atoms with van der Waals surface area (Å²) in [6.07, 6.45) is 0.546. The first-order chi connectivity index (χ1) is 9.56. The van der Waals surface area contributed by atoms with Crippen molar-refractivity contribution in [2.24, 2.45) is 0 Å². The van der Waals surface area contributed by atoms with E-state index in [1.54, 1.807) is 0 Å². The number of benzene rings is 1. The fourth-order valence-corrected chi connectivity index (χ4v) is 4.61. The second kappa shape index (κ2) is 5.45. The zero-order chi connectivity index (χ0) is 14.3. The molecule has 1 heterocycles. The third-order valence-electron chi connectivity index (χ3n) is 3.44. The lowest BCUT2D eigenvalue weighted by Gasteiger charge is -2.32. The summed E-state index contributed by atoms with van der Waals surface area (Å²) in [7, 11) is 0. The smallest absolute Gasteiger partial charge is 0.303 e. The molecule has 1 aromatic carbocycles. The van der Waals surface area contributed by atoms with E-state index in [1.165, 1.54) is 6.92 Å². The molecule has 0 spiro atoms. The molecule has 2 aromatic rings. The molecule has 0 saturated carbocycles. The van der Waals surface area contributed by atoms with Crippen molar-refractivity contribution in [2.75, 3.05) is 0 Å².